The van der Waals surface area contributed by atoms with Gasteiger partial charge >= 0.3 is 6.18 Å². The highest BCUT2D eigenvalue weighted by Gasteiger charge is 2.59. The van der Waals surface area contributed by atoms with Gasteiger partial charge in [-0.2, -0.15) is 13.2 Å². The van der Waals surface area contributed by atoms with E-state index >= 15 is 0 Å². The lowest BCUT2D eigenvalue weighted by molar-refractivity contribution is -0.132. The van der Waals surface area contributed by atoms with Gasteiger partial charge in [0.2, 0.25) is 0 Å². The molecule has 1 spiro atoms. The van der Waals surface area contributed by atoms with Crippen molar-refractivity contribution in [2.24, 2.45) is 11.3 Å². The van der Waals surface area contributed by atoms with Crippen LogP contribution in [-0.2, 0) is 11.2 Å². The van der Waals surface area contributed by atoms with Gasteiger partial charge in [0.15, 0.2) is 5.78 Å². The summed E-state index contributed by atoms with van der Waals surface area (Å²) in [7, 11) is 0. The van der Waals surface area contributed by atoms with E-state index in [0.29, 0.717) is 31.2 Å². The number of rotatable bonds is 0. The molecule has 0 saturated heterocycles. The van der Waals surface area contributed by atoms with Crippen LogP contribution in [0.4, 0.5) is 13.2 Å². The standard InChI is InChI=1S/C16H13F3O2/c17-16(18,19)13-12-11-2-1-10(20)5-9(11)7-15(12)4-3-8(6-15)14(13)21/h1-2,5,8,20H,3-4,6-7H2/t8-,15+/m0/s1. The summed E-state index contributed by atoms with van der Waals surface area (Å²) < 4.78 is 40.3. The van der Waals surface area contributed by atoms with Crippen LogP contribution in [0.5, 0.6) is 5.75 Å². The number of alkyl halides is 3. The number of carbonyl (C=O) groups is 1. The van der Waals surface area contributed by atoms with Gasteiger partial charge in [0, 0.05) is 11.3 Å². The van der Waals surface area contributed by atoms with E-state index in [2.05, 4.69) is 0 Å². The molecule has 0 aliphatic heterocycles. The summed E-state index contributed by atoms with van der Waals surface area (Å²) in [5.41, 5.74) is -0.0973. The third-order valence-electron chi connectivity index (χ3n) is 5.18. The number of allylic oxidation sites excluding steroid dienone is 2. The summed E-state index contributed by atoms with van der Waals surface area (Å²) in [5.74, 6) is -1.18. The number of phenols is 1. The number of aromatic hydroxyl groups is 1. The Morgan fingerprint density at radius 2 is 2.05 bits per heavy atom. The summed E-state index contributed by atoms with van der Waals surface area (Å²) in [6.07, 6.45) is -2.46. The zero-order valence-electron chi connectivity index (χ0n) is 11.1. The normalized spacial score (nSPS) is 30.6. The fourth-order valence-corrected chi connectivity index (χ4v) is 4.46. The molecular formula is C16H13F3O2. The summed E-state index contributed by atoms with van der Waals surface area (Å²) >= 11 is 0. The quantitative estimate of drug-likeness (QED) is 0.793. The lowest BCUT2D eigenvalue weighted by Crippen LogP contribution is -2.34. The number of benzene rings is 1. The van der Waals surface area contributed by atoms with Crippen LogP contribution in [0.3, 0.4) is 0 Å². The largest absolute Gasteiger partial charge is 0.508 e. The molecule has 1 fully saturated rings. The van der Waals surface area contributed by atoms with E-state index in [0.717, 1.165) is 5.56 Å². The molecule has 3 aliphatic rings. The summed E-state index contributed by atoms with van der Waals surface area (Å²) in [5, 5.41) is 9.57. The molecule has 110 valence electrons. The van der Waals surface area contributed by atoms with Crippen molar-refractivity contribution >= 4 is 11.4 Å². The Morgan fingerprint density at radius 1 is 1.29 bits per heavy atom. The first-order valence-electron chi connectivity index (χ1n) is 7.00. The maximum atomic E-state index is 13.4. The molecule has 2 bridgehead atoms. The Balaban J connectivity index is 2.05. The van der Waals surface area contributed by atoms with Crippen molar-refractivity contribution in [2.75, 3.05) is 0 Å². The van der Waals surface area contributed by atoms with Gasteiger partial charge in [0.1, 0.15) is 11.3 Å². The number of ketones is 1. The molecule has 0 aromatic heterocycles. The van der Waals surface area contributed by atoms with Gasteiger partial charge in [-0.15, -0.1) is 0 Å². The fourth-order valence-electron chi connectivity index (χ4n) is 4.46. The van der Waals surface area contributed by atoms with Crippen LogP contribution in [0, 0.1) is 11.3 Å². The number of carbonyl (C=O) groups excluding carboxylic acids is 1. The highest BCUT2D eigenvalue weighted by atomic mass is 19.4. The SMILES string of the molecule is O=C1C(C(F)(F)F)=C2c3ccc(O)cc3C[C@]23CC[C@H]1C3. The molecule has 0 unspecified atom stereocenters. The van der Waals surface area contributed by atoms with Gasteiger partial charge in [-0.3, -0.25) is 4.79 Å². The molecule has 0 amide bonds. The molecule has 1 aromatic carbocycles. The minimum atomic E-state index is -4.61. The van der Waals surface area contributed by atoms with E-state index < -0.39 is 28.9 Å². The van der Waals surface area contributed by atoms with Gasteiger partial charge in [-0.1, -0.05) is 6.07 Å². The predicted octanol–water partition coefficient (Wildman–Crippen LogP) is 3.63. The maximum absolute atomic E-state index is 13.4. The first-order chi connectivity index (χ1) is 9.82. The second-order valence-corrected chi connectivity index (χ2v) is 6.35. The third kappa shape index (κ3) is 1.57. The van der Waals surface area contributed by atoms with E-state index in [9.17, 15) is 23.1 Å². The maximum Gasteiger partial charge on any atom is 0.420 e. The number of halogens is 3. The van der Waals surface area contributed by atoms with Crippen molar-refractivity contribution in [1.29, 1.82) is 0 Å². The van der Waals surface area contributed by atoms with E-state index in [4.69, 9.17) is 0 Å². The Kier molecular flexibility index (Phi) is 2.28. The van der Waals surface area contributed by atoms with E-state index in [1.54, 1.807) is 0 Å². The number of hydrogen-bond donors (Lipinski definition) is 1. The molecule has 5 heteroatoms. The van der Waals surface area contributed by atoms with Crippen molar-refractivity contribution in [3.05, 3.63) is 34.9 Å². The van der Waals surface area contributed by atoms with Crippen LogP contribution in [0.1, 0.15) is 30.4 Å². The van der Waals surface area contributed by atoms with Crippen LogP contribution in [0.25, 0.3) is 5.57 Å². The molecule has 3 aliphatic carbocycles. The second kappa shape index (κ2) is 3.70. The highest BCUT2D eigenvalue weighted by molar-refractivity contribution is 6.09. The summed E-state index contributed by atoms with van der Waals surface area (Å²) in [4.78, 5) is 12.2. The highest BCUT2D eigenvalue weighted by Crippen LogP contribution is 2.64. The first kappa shape index (κ1) is 12.9. The summed E-state index contributed by atoms with van der Waals surface area (Å²) in [6, 6.07) is 4.44. The number of fused-ring (bicyclic) bond motifs is 3. The zero-order valence-corrected chi connectivity index (χ0v) is 11.1. The van der Waals surface area contributed by atoms with Crippen LogP contribution in [0.2, 0.25) is 0 Å². The Labute approximate surface area is 119 Å². The first-order valence-corrected chi connectivity index (χ1v) is 7.00. The van der Waals surface area contributed by atoms with Gasteiger partial charge in [0.25, 0.3) is 0 Å². The molecule has 1 aromatic rings. The Hall–Kier alpha value is -1.78. The average molecular weight is 294 g/mol. The van der Waals surface area contributed by atoms with Gasteiger partial charge in [-0.25, -0.2) is 0 Å². The van der Waals surface area contributed by atoms with Crippen molar-refractivity contribution in [2.45, 2.75) is 31.9 Å². The van der Waals surface area contributed by atoms with Crippen LogP contribution in [-0.4, -0.2) is 17.1 Å². The molecule has 0 heterocycles. The van der Waals surface area contributed by atoms with Gasteiger partial charge < -0.3 is 5.11 Å². The number of Topliss-reactive ketones (excluding diaryl/α,β-unsaturated/α-hetero) is 1. The number of phenolic OH excluding ortho intramolecular Hbond substituents is 1. The minimum Gasteiger partial charge on any atom is -0.508 e. The third-order valence-corrected chi connectivity index (χ3v) is 5.18. The lowest BCUT2D eigenvalue weighted by Gasteiger charge is -2.33. The van der Waals surface area contributed by atoms with Crippen LogP contribution < -0.4 is 0 Å². The van der Waals surface area contributed by atoms with Gasteiger partial charge in [0.05, 0.1) is 0 Å². The Bertz CT molecular complexity index is 702. The molecule has 21 heavy (non-hydrogen) atoms. The monoisotopic (exact) mass is 294 g/mol. The smallest absolute Gasteiger partial charge is 0.420 e. The van der Waals surface area contributed by atoms with E-state index in [1.807, 2.05) is 0 Å². The topological polar surface area (TPSA) is 37.3 Å². The minimum absolute atomic E-state index is 0.0545. The molecule has 1 N–H and O–H groups in total. The van der Waals surface area contributed by atoms with Crippen molar-refractivity contribution in [3.8, 4) is 5.75 Å². The molecule has 2 atom stereocenters. The molecule has 0 radical (unpaired) electrons. The van der Waals surface area contributed by atoms with Crippen LogP contribution in [0.15, 0.2) is 23.8 Å². The molecular weight excluding hydrogens is 281 g/mol. The molecule has 1 saturated carbocycles. The lowest BCUT2D eigenvalue weighted by atomic mass is 9.71. The van der Waals surface area contributed by atoms with Crippen molar-refractivity contribution in [3.63, 3.8) is 0 Å². The average Bonchev–Trinajstić information content (AvgIpc) is 2.89. The van der Waals surface area contributed by atoms with E-state index in [-0.39, 0.29) is 11.3 Å². The Morgan fingerprint density at radius 3 is 2.76 bits per heavy atom. The zero-order chi connectivity index (χ0) is 15.0. The number of hydrogen-bond acceptors (Lipinski definition) is 2. The van der Waals surface area contributed by atoms with Crippen molar-refractivity contribution in [1.82, 2.24) is 0 Å². The van der Waals surface area contributed by atoms with Crippen molar-refractivity contribution < 1.29 is 23.1 Å². The predicted molar refractivity (Wildman–Crippen MR) is 69.6 cm³/mol. The van der Waals surface area contributed by atoms with Gasteiger partial charge in [-0.05, 0) is 54.5 Å². The second-order valence-electron chi connectivity index (χ2n) is 6.35. The fraction of sp³-hybridized carbons (Fsp3) is 0.438. The van der Waals surface area contributed by atoms with Crippen LogP contribution >= 0.6 is 0 Å². The van der Waals surface area contributed by atoms with E-state index in [1.165, 1.54) is 18.2 Å². The molecule has 2 nitrogen and oxygen atoms in total. The summed E-state index contributed by atoms with van der Waals surface area (Å²) in [6.45, 7) is 0. The molecule has 4 rings (SSSR count).